The van der Waals surface area contributed by atoms with Crippen molar-refractivity contribution in [2.45, 2.75) is 37.8 Å². The summed E-state index contributed by atoms with van der Waals surface area (Å²) in [5, 5.41) is 3.40. The SMILES string of the molecule is O=C(CC1CCCN1)N1CCN(C2CCN(c3ccccc3)C2=O)CC1. The normalized spacial score (nSPS) is 27.3. The third kappa shape index (κ3) is 3.62. The number of hydrogen-bond donors (Lipinski definition) is 1. The number of amides is 2. The third-order valence-corrected chi connectivity index (χ3v) is 5.94. The van der Waals surface area contributed by atoms with Gasteiger partial charge in [0.05, 0.1) is 6.04 Å². The summed E-state index contributed by atoms with van der Waals surface area (Å²) in [6.07, 6.45) is 3.77. The highest BCUT2D eigenvalue weighted by Gasteiger charge is 2.38. The van der Waals surface area contributed by atoms with Crippen molar-refractivity contribution >= 4 is 17.5 Å². The maximum atomic E-state index is 12.8. The standard InChI is InChI=1S/C20H28N4O2/c25-19(15-16-5-4-9-21-16)23-13-11-22(12-14-23)18-8-10-24(20(18)26)17-6-2-1-3-7-17/h1-3,6-7,16,18,21H,4-5,8-15H2. The number of carbonyl (C=O) groups is 2. The fourth-order valence-corrected chi connectivity index (χ4v) is 4.42. The minimum atomic E-state index is -0.0380. The van der Waals surface area contributed by atoms with E-state index in [2.05, 4.69) is 10.2 Å². The maximum absolute atomic E-state index is 12.8. The van der Waals surface area contributed by atoms with E-state index < -0.39 is 0 Å². The molecular weight excluding hydrogens is 328 g/mol. The Kier molecular flexibility index (Phi) is 5.22. The lowest BCUT2D eigenvalue weighted by atomic mass is 10.1. The number of nitrogens with one attached hydrogen (secondary N) is 1. The Hall–Kier alpha value is -1.92. The van der Waals surface area contributed by atoms with Crippen molar-refractivity contribution in [3.8, 4) is 0 Å². The van der Waals surface area contributed by atoms with E-state index >= 15 is 0 Å². The van der Waals surface area contributed by atoms with Gasteiger partial charge < -0.3 is 15.1 Å². The molecule has 26 heavy (non-hydrogen) atoms. The van der Waals surface area contributed by atoms with E-state index in [1.54, 1.807) is 0 Å². The van der Waals surface area contributed by atoms with Gasteiger partial charge in [-0.3, -0.25) is 14.5 Å². The molecule has 6 heteroatoms. The fraction of sp³-hybridized carbons (Fsp3) is 0.600. The van der Waals surface area contributed by atoms with Gasteiger partial charge in [0.25, 0.3) is 0 Å². The van der Waals surface area contributed by atoms with E-state index in [-0.39, 0.29) is 17.9 Å². The first kappa shape index (κ1) is 17.5. The molecule has 140 valence electrons. The summed E-state index contributed by atoms with van der Waals surface area (Å²) in [5.74, 6) is 0.457. The number of hydrogen-bond acceptors (Lipinski definition) is 4. The van der Waals surface area contributed by atoms with Crippen LogP contribution in [-0.4, -0.2) is 73.0 Å². The molecule has 1 N–H and O–H groups in total. The van der Waals surface area contributed by atoms with Crippen molar-refractivity contribution in [1.29, 1.82) is 0 Å². The highest BCUT2D eigenvalue weighted by molar-refractivity contribution is 5.99. The molecule has 3 aliphatic rings. The van der Waals surface area contributed by atoms with Crippen LogP contribution in [0.3, 0.4) is 0 Å². The lowest BCUT2D eigenvalue weighted by Gasteiger charge is -2.37. The Labute approximate surface area is 155 Å². The Bertz CT molecular complexity index is 636. The summed E-state index contributed by atoms with van der Waals surface area (Å²) in [4.78, 5) is 31.5. The van der Waals surface area contributed by atoms with Crippen LogP contribution in [0.5, 0.6) is 0 Å². The molecule has 3 fully saturated rings. The van der Waals surface area contributed by atoms with Gasteiger partial charge in [-0.1, -0.05) is 18.2 Å². The van der Waals surface area contributed by atoms with Crippen molar-refractivity contribution in [2.75, 3.05) is 44.2 Å². The summed E-state index contributed by atoms with van der Waals surface area (Å²) < 4.78 is 0. The van der Waals surface area contributed by atoms with Crippen molar-refractivity contribution < 1.29 is 9.59 Å². The predicted molar refractivity (Wildman–Crippen MR) is 101 cm³/mol. The van der Waals surface area contributed by atoms with E-state index in [1.807, 2.05) is 40.1 Å². The lowest BCUT2D eigenvalue weighted by Crippen LogP contribution is -2.54. The second kappa shape index (κ2) is 7.76. The van der Waals surface area contributed by atoms with E-state index in [1.165, 1.54) is 6.42 Å². The molecule has 3 aliphatic heterocycles. The smallest absolute Gasteiger partial charge is 0.244 e. The fourth-order valence-electron chi connectivity index (χ4n) is 4.42. The summed E-state index contributed by atoms with van der Waals surface area (Å²) in [5.41, 5.74) is 0.984. The van der Waals surface area contributed by atoms with Gasteiger partial charge in [-0.25, -0.2) is 0 Å². The van der Waals surface area contributed by atoms with Crippen LogP contribution in [0.1, 0.15) is 25.7 Å². The van der Waals surface area contributed by atoms with Crippen molar-refractivity contribution in [2.24, 2.45) is 0 Å². The summed E-state index contributed by atoms with van der Waals surface area (Å²) in [6, 6.07) is 10.2. The molecule has 2 amide bonds. The maximum Gasteiger partial charge on any atom is 0.244 e. The average molecular weight is 356 g/mol. The number of nitrogens with zero attached hydrogens (tertiary/aromatic N) is 3. The van der Waals surface area contributed by atoms with Crippen molar-refractivity contribution in [3.05, 3.63) is 30.3 Å². The van der Waals surface area contributed by atoms with E-state index in [4.69, 9.17) is 0 Å². The lowest BCUT2D eigenvalue weighted by molar-refractivity contribution is -0.134. The highest BCUT2D eigenvalue weighted by atomic mass is 16.2. The van der Waals surface area contributed by atoms with Crippen LogP contribution in [-0.2, 0) is 9.59 Å². The van der Waals surface area contributed by atoms with Gasteiger partial charge in [-0.2, -0.15) is 0 Å². The van der Waals surface area contributed by atoms with Gasteiger partial charge in [-0.15, -0.1) is 0 Å². The quantitative estimate of drug-likeness (QED) is 0.877. The Balaban J connectivity index is 1.29. The number of para-hydroxylation sites is 1. The number of piperazine rings is 1. The van der Waals surface area contributed by atoms with Gasteiger partial charge in [0.2, 0.25) is 11.8 Å². The van der Waals surface area contributed by atoms with Gasteiger partial charge in [0, 0.05) is 50.9 Å². The van der Waals surface area contributed by atoms with Crippen LogP contribution < -0.4 is 10.2 Å². The monoisotopic (exact) mass is 356 g/mol. The number of anilines is 1. The van der Waals surface area contributed by atoms with Crippen LogP contribution in [0, 0.1) is 0 Å². The molecule has 3 saturated heterocycles. The zero-order valence-electron chi connectivity index (χ0n) is 15.3. The first-order valence-corrected chi connectivity index (χ1v) is 9.84. The third-order valence-electron chi connectivity index (χ3n) is 5.94. The molecule has 6 nitrogen and oxygen atoms in total. The van der Waals surface area contributed by atoms with Crippen molar-refractivity contribution in [3.63, 3.8) is 0 Å². The van der Waals surface area contributed by atoms with E-state index in [0.29, 0.717) is 12.5 Å². The largest absolute Gasteiger partial charge is 0.340 e. The molecule has 2 atom stereocenters. The van der Waals surface area contributed by atoms with Crippen LogP contribution in [0.4, 0.5) is 5.69 Å². The Morgan fingerprint density at radius 2 is 1.81 bits per heavy atom. The average Bonchev–Trinajstić information content (AvgIpc) is 3.32. The topological polar surface area (TPSA) is 55.9 Å². The van der Waals surface area contributed by atoms with Crippen molar-refractivity contribution in [1.82, 2.24) is 15.1 Å². The molecule has 0 radical (unpaired) electrons. The summed E-state index contributed by atoms with van der Waals surface area (Å²) >= 11 is 0. The number of carbonyl (C=O) groups excluding carboxylic acids is 2. The molecular formula is C20H28N4O2. The van der Waals surface area contributed by atoms with Crippen LogP contribution in [0.25, 0.3) is 0 Å². The molecule has 0 bridgehead atoms. The number of benzene rings is 1. The molecule has 4 rings (SSSR count). The molecule has 0 saturated carbocycles. The minimum absolute atomic E-state index is 0.0380. The van der Waals surface area contributed by atoms with Crippen LogP contribution in [0.2, 0.25) is 0 Å². The molecule has 0 spiro atoms. The van der Waals surface area contributed by atoms with Gasteiger partial charge in [-0.05, 0) is 37.9 Å². The molecule has 1 aromatic rings. The second-order valence-corrected chi connectivity index (χ2v) is 7.54. The summed E-state index contributed by atoms with van der Waals surface area (Å²) in [7, 11) is 0. The molecule has 1 aromatic carbocycles. The summed E-state index contributed by atoms with van der Waals surface area (Å²) in [6.45, 7) is 4.88. The minimum Gasteiger partial charge on any atom is -0.340 e. The first-order chi connectivity index (χ1) is 12.7. The zero-order chi connectivity index (χ0) is 17.9. The zero-order valence-corrected chi connectivity index (χ0v) is 15.3. The highest BCUT2D eigenvalue weighted by Crippen LogP contribution is 2.25. The molecule has 0 aromatic heterocycles. The Morgan fingerprint density at radius 1 is 1.04 bits per heavy atom. The second-order valence-electron chi connectivity index (χ2n) is 7.54. The van der Waals surface area contributed by atoms with E-state index in [9.17, 15) is 9.59 Å². The van der Waals surface area contributed by atoms with Crippen LogP contribution in [0.15, 0.2) is 30.3 Å². The van der Waals surface area contributed by atoms with Gasteiger partial charge in [0.15, 0.2) is 0 Å². The number of rotatable bonds is 4. The van der Waals surface area contributed by atoms with E-state index in [0.717, 1.165) is 57.8 Å². The predicted octanol–water partition coefficient (Wildman–Crippen LogP) is 1.08. The molecule has 2 unspecified atom stereocenters. The molecule has 3 heterocycles. The van der Waals surface area contributed by atoms with Gasteiger partial charge in [0.1, 0.15) is 0 Å². The first-order valence-electron chi connectivity index (χ1n) is 9.84. The molecule has 0 aliphatic carbocycles. The van der Waals surface area contributed by atoms with Gasteiger partial charge >= 0.3 is 0 Å². The van der Waals surface area contributed by atoms with Crippen LogP contribution >= 0.6 is 0 Å². The Morgan fingerprint density at radius 3 is 2.50 bits per heavy atom.